The number of hydrogen-bond donors (Lipinski definition) is 0. The zero-order chi connectivity index (χ0) is 18.1. The summed E-state index contributed by atoms with van der Waals surface area (Å²) in [6, 6.07) is 3.93. The number of hydrogen-bond acceptors (Lipinski definition) is 5. The first-order valence-corrected chi connectivity index (χ1v) is 9.63. The first-order valence-electron chi connectivity index (χ1n) is 8.81. The van der Waals surface area contributed by atoms with E-state index in [0.717, 1.165) is 35.9 Å². The summed E-state index contributed by atoms with van der Waals surface area (Å²) in [5.41, 5.74) is 0. The molecule has 26 heavy (non-hydrogen) atoms. The molecule has 1 atom stereocenters. The molecule has 1 aliphatic rings. The molecule has 0 spiro atoms. The maximum absolute atomic E-state index is 12.8. The van der Waals surface area contributed by atoms with Crippen LogP contribution in [0.1, 0.15) is 45.0 Å². The molecule has 0 aromatic carbocycles. The Bertz CT molecular complexity index is 897. The van der Waals surface area contributed by atoms with Crippen LogP contribution in [0.15, 0.2) is 30.9 Å². The van der Waals surface area contributed by atoms with E-state index in [1.165, 1.54) is 4.88 Å². The van der Waals surface area contributed by atoms with Gasteiger partial charge in [-0.1, -0.05) is 0 Å². The second kappa shape index (κ2) is 7.03. The fourth-order valence-corrected chi connectivity index (χ4v) is 4.33. The van der Waals surface area contributed by atoms with Gasteiger partial charge in [0.25, 0.3) is 5.91 Å². The lowest BCUT2D eigenvalue weighted by Gasteiger charge is -2.32. The SMILES string of the molecule is Cc1ccc(C(=O)N2CCC[C@H](c3nnc(Cn4ccnc4)n3C)C2)s1. The number of carbonyl (C=O) groups is 1. The predicted molar refractivity (Wildman–Crippen MR) is 99.3 cm³/mol. The summed E-state index contributed by atoms with van der Waals surface area (Å²) < 4.78 is 4.04. The van der Waals surface area contributed by atoms with Gasteiger partial charge in [-0.25, -0.2) is 4.98 Å². The Morgan fingerprint density at radius 1 is 1.35 bits per heavy atom. The van der Waals surface area contributed by atoms with E-state index in [2.05, 4.69) is 19.7 Å². The molecule has 1 aliphatic heterocycles. The molecule has 8 heteroatoms. The molecule has 7 nitrogen and oxygen atoms in total. The smallest absolute Gasteiger partial charge is 0.263 e. The van der Waals surface area contributed by atoms with Crippen LogP contribution in [-0.2, 0) is 13.6 Å². The number of imidazole rings is 1. The number of aromatic nitrogens is 5. The Hall–Kier alpha value is -2.48. The number of aryl methyl sites for hydroxylation is 1. The van der Waals surface area contributed by atoms with E-state index in [4.69, 9.17) is 0 Å². The fourth-order valence-electron chi connectivity index (χ4n) is 3.49. The maximum Gasteiger partial charge on any atom is 0.263 e. The first kappa shape index (κ1) is 17.0. The summed E-state index contributed by atoms with van der Waals surface area (Å²) >= 11 is 1.56. The summed E-state index contributed by atoms with van der Waals surface area (Å²) in [5.74, 6) is 2.21. The van der Waals surface area contributed by atoms with Gasteiger partial charge in [-0.05, 0) is 31.9 Å². The van der Waals surface area contributed by atoms with Crippen LogP contribution >= 0.6 is 11.3 Å². The lowest BCUT2D eigenvalue weighted by Crippen LogP contribution is -2.39. The van der Waals surface area contributed by atoms with Gasteiger partial charge in [0.1, 0.15) is 5.82 Å². The van der Waals surface area contributed by atoms with Gasteiger partial charge in [0.05, 0.1) is 17.7 Å². The molecule has 4 rings (SSSR count). The summed E-state index contributed by atoms with van der Waals surface area (Å²) in [6.07, 6.45) is 7.47. The van der Waals surface area contributed by atoms with Crippen molar-refractivity contribution in [2.24, 2.45) is 7.05 Å². The molecule has 0 saturated carbocycles. The number of thiophene rings is 1. The molecule has 1 fully saturated rings. The van der Waals surface area contributed by atoms with Crippen LogP contribution in [0.25, 0.3) is 0 Å². The van der Waals surface area contributed by atoms with Crippen molar-refractivity contribution in [3.8, 4) is 0 Å². The fraction of sp³-hybridized carbons (Fsp3) is 0.444. The van der Waals surface area contributed by atoms with Crippen LogP contribution in [0.5, 0.6) is 0 Å². The molecule has 0 unspecified atom stereocenters. The number of carbonyl (C=O) groups excluding carboxylic acids is 1. The third-order valence-electron chi connectivity index (χ3n) is 4.91. The number of piperidine rings is 1. The van der Waals surface area contributed by atoms with Gasteiger partial charge in [0.15, 0.2) is 5.82 Å². The highest BCUT2D eigenvalue weighted by molar-refractivity contribution is 7.13. The lowest BCUT2D eigenvalue weighted by atomic mass is 9.97. The molecule has 1 saturated heterocycles. The number of likely N-dealkylation sites (tertiary alicyclic amines) is 1. The molecule has 1 amide bonds. The van der Waals surface area contributed by atoms with E-state index in [9.17, 15) is 4.79 Å². The van der Waals surface area contributed by atoms with E-state index in [-0.39, 0.29) is 11.8 Å². The maximum atomic E-state index is 12.8. The highest BCUT2D eigenvalue weighted by Crippen LogP contribution is 2.28. The van der Waals surface area contributed by atoms with Crippen LogP contribution < -0.4 is 0 Å². The molecular weight excluding hydrogens is 348 g/mol. The molecule has 4 heterocycles. The van der Waals surface area contributed by atoms with Gasteiger partial charge >= 0.3 is 0 Å². The van der Waals surface area contributed by atoms with Crippen molar-refractivity contribution in [2.75, 3.05) is 13.1 Å². The van der Waals surface area contributed by atoms with E-state index in [1.54, 1.807) is 23.9 Å². The predicted octanol–water partition coefficient (Wildman–Crippen LogP) is 2.45. The Labute approximate surface area is 156 Å². The molecular formula is C18H22N6OS. The zero-order valence-electron chi connectivity index (χ0n) is 15.0. The molecule has 0 N–H and O–H groups in total. The second-order valence-electron chi connectivity index (χ2n) is 6.77. The Kier molecular flexibility index (Phi) is 4.58. The largest absolute Gasteiger partial charge is 0.337 e. The minimum Gasteiger partial charge on any atom is -0.337 e. The minimum atomic E-state index is 0.133. The lowest BCUT2D eigenvalue weighted by molar-refractivity contribution is 0.0708. The van der Waals surface area contributed by atoms with E-state index >= 15 is 0 Å². The van der Waals surface area contributed by atoms with Crippen molar-refractivity contribution >= 4 is 17.2 Å². The highest BCUT2D eigenvalue weighted by Gasteiger charge is 2.29. The van der Waals surface area contributed by atoms with Gasteiger partial charge in [-0.15, -0.1) is 21.5 Å². The topological polar surface area (TPSA) is 68.8 Å². The van der Waals surface area contributed by atoms with Gasteiger partial charge in [0, 0.05) is 43.3 Å². The van der Waals surface area contributed by atoms with E-state index in [1.807, 2.05) is 41.8 Å². The van der Waals surface area contributed by atoms with E-state index < -0.39 is 0 Å². The minimum absolute atomic E-state index is 0.133. The summed E-state index contributed by atoms with van der Waals surface area (Å²) in [5, 5.41) is 8.79. The molecule has 0 radical (unpaired) electrons. The third kappa shape index (κ3) is 3.29. The molecule has 136 valence electrons. The Balaban J connectivity index is 1.49. The summed E-state index contributed by atoms with van der Waals surface area (Å²) in [4.78, 5) is 20.8. The average molecular weight is 370 g/mol. The number of nitrogens with zero attached hydrogens (tertiary/aromatic N) is 6. The number of amides is 1. The third-order valence-corrected chi connectivity index (χ3v) is 5.90. The number of rotatable bonds is 4. The van der Waals surface area contributed by atoms with Gasteiger partial charge in [-0.3, -0.25) is 4.79 Å². The van der Waals surface area contributed by atoms with Gasteiger partial charge in [0.2, 0.25) is 0 Å². The first-order chi connectivity index (χ1) is 12.6. The Morgan fingerprint density at radius 2 is 2.23 bits per heavy atom. The molecule has 3 aromatic heterocycles. The zero-order valence-corrected chi connectivity index (χ0v) is 15.8. The van der Waals surface area contributed by atoms with Crippen LogP contribution in [0.2, 0.25) is 0 Å². The highest BCUT2D eigenvalue weighted by atomic mass is 32.1. The van der Waals surface area contributed by atoms with Crippen LogP contribution in [0.3, 0.4) is 0 Å². The van der Waals surface area contributed by atoms with Crippen LogP contribution in [0, 0.1) is 6.92 Å². The van der Waals surface area contributed by atoms with Crippen LogP contribution in [-0.4, -0.2) is 48.2 Å². The standard InChI is InChI=1S/C18H22N6OS/c1-13-5-6-15(26-13)18(25)24-8-3-4-14(10-24)17-21-20-16(22(17)2)11-23-9-7-19-12-23/h5-7,9,12,14H,3-4,8,10-11H2,1-2H3/t14-/m0/s1. The van der Waals surface area contributed by atoms with Crippen molar-refractivity contribution in [2.45, 2.75) is 32.2 Å². The normalized spacial score (nSPS) is 17.6. The van der Waals surface area contributed by atoms with Crippen LogP contribution in [0.4, 0.5) is 0 Å². The summed E-state index contributed by atoms with van der Waals surface area (Å²) in [7, 11) is 2.00. The van der Waals surface area contributed by atoms with Crippen molar-refractivity contribution in [3.05, 3.63) is 52.3 Å². The van der Waals surface area contributed by atoms with Crippen molar-refractivity contribution in [3.63, 3.8) is 0 Å². The monoisotopic (exact) mass is 370 g/mol. The van der Waals surface area contributed by atoms with Crippen molar-refractivity contribution in [1.82, 2.24) is 29.2 Å². The van der Waals surface area contributed by atoms with Crippen molar-refractivity contribution < 1.29 is 4.79 Å². The molecule has 0 aliphatic carbocycles. The second-order valence-corrected chi connectivity index (χ2v) is 8.06. The van der Waals surface area contributed by atoms with E-state index in [0.29, 0.717) is 13.1 Å². The molecule has 0 bridgehead atoms. The van der Waals surface area contributed by atoms with Crippen molar-refractivity contribution in [1.29, 1.82) is 0 Å². The Morgan fingerprint density at radius 3 is 2.96 bits per heavy atom. The quantitative estimate of drug-likeness (QED) is 0.707. The molecule has 3 aromatic rings. The van der Waals surface area contributed by atoms with Gasteiger partial charge < -0.3 is 14.0 Å². The summed E-state index contributed by atoms with van der Waals surface area (Å²) in [6.45, 7) is 4.19. The average Bonchev–Trinajstić information content (AvgIpc) is 3.38. The van der Waals surface area contributed by atoms with Gasteiger partial charge in [-0.2, -0.15) is 0 Å².